The number of hydrogen-bond donors (Lipinski definition) is 1. The van der Waals surface area contributed by atoms with Crippen LogP contribution in [0, 0.1) is 0 Å². The Morgan fingerprint density at radius 3 is 2.61 bits per heavy atom. The molecule has 1 N–H and O–H groups in total. The molecule has 18 heavy (non-hydrogen) atoms. The molecule has 0 aliphatic heterocycles. The molecule has 0 atom stereocenters. The molecule has 98 valence electrons. The van der Waals surface area contributed by atoms with E-state index in [0.717, 1.165) is 0 Å². The molecule has 1 aromatic rings. The second kappa shape index (κ2) is 6.09. The van der Waals surface area contributed by atoms with Crippen molar-refractivity contribution in [3.05, 3.63) is 23.8 Å². The monoisotopic (exact) mass is 251 g/mol. The number of amides is 1. The van der Waals surface area contributed by atoms with Gasteiger partial charge in [0, 0.05) is 12.7 Å². The Morgan fingerprint density at radius 2 is 2.11 bits per heavy atom. The highest BCUT2D eigenvalue weighted by molar-refractivity contribution is 5.96. The molecule has 6 heteroatoms. The standard InChI is InChI=1S/C12H17N3O3/c1-4-15(6-10(16)17)12(18)9-5-13-7-14-11(9)8(2)3/h5,7-8H,4,6H2,1-3H3,(H,16,17). The average molecular weight is 251 g/mol. The highest BCUT2D eigenvalue weighted by atomic mass is 16.4. The van der Waals surface area contributed by atoms with Gasteiger partial charge in [0.1, 0.15) is 12.9 Å². The van der Waals surface area contributed by atoms with Gasteiger partial charge in [-0.2, -0.15) is 0 Å². The average Bonchev–Trinajstić information content (AvgIpc) is 2.34. The van der Waals surface area contributed by atoms with Crippen molar-refractivity contribution in [2.45, 2.75) is 26.7 Å². The van der Waals surface area contributed by atoms with Crippen molar-refractivity contribution in [2.75, 3.05) is 13.1 Å². The van der Waals surface area contributed by atoms with Gasteiger partial charge in [0.15, 0.2) is 0 Å². The largest absolute Gasteiger partial charge is 0.480 e. The molecule has 0 saturated carbocycles. The van der Waals surface area contributed by atoms with Gasteiger partial charge in [0.2, 0.25) is 0 Å². The molecule has 1 heterocycles. The first-order chi connectivity index (χ1) is 8.47. The first-order valence-corrected chi connectivity index (χ1v) is 5.78. The molecule has 0 aromatic carbocycles. The van der Waals surface area contributed by atoms with Crippen LogP contribution in [0.3, 0.4) is 0 Å². The smallest absolute Gasteiger partial charge is 0.323 e. The Kier molecular flexibility index (Phi) is 4.76. The first-order valence-electron chi connectivity index (χ1n) is 5.78. The topological polar surface area (TPSA) is 83.4 Å². The predicted molar refractivity (Wildman–Crippen MR) is 65.3 cm³/mol. The first kappa shape index (κ1) is 14.1. The summed E-state index contributed by atoms with van der Waals surface area (Å²) in [4.78, 5) is 32.1. The molecular weight excluding hydrogens is 234 g/mol. The van der Waals surface area contributed by atoms with E-state index in [4.69, 9.17) is 5.11 Å². The van der Waals surface area contributed by atoms with Crippen molar-refractivity contribution in [1.82, 2.24) is 14.9 Å². The van der Waals surface area contributed by atoms with Crippen molar-refractivity contribution in [3.8, 4) is 0 Å². The number of carboxylic acid groups (broad SMARTS) is 1. The van der Waals surface area contributed by atoms with Crippen molar-refractivity contribution in [3.63, 3.8) is 0 Å². The number of likely N-dealkylation sites (N-methyl/N-ethyl adjacent to an activating group) is 1. The van der Waals surface area contributed by atoms with Gasteiger partial charge in [0.25, 0.3) is 5.91 Å². The summed E-state index contributed by atoms with van der Waals surface area (Å²) in [5.41, 5.74) is 1.01. The highest BCUT2D eigenvalue weighted by Crippen LogP contribution is 2.17. The highest BCUT2D eigenvalue weighted by Gasteiger charge is 2.21. The quantitative estimate of drug-likeness (QED) is 0.848. The van der Waals surface area contributed by atoms with E-state index in [-0.39, 0.29) is 18.4 Å². The summed E-state index contributed by atoms with van der Waals surface area (Å²) < 4.78 is 0. The summed E-state index contributed by atoms with van der Waals surface area (Å²) in [5.74, 6) is -1.30. The van der Waals surface area contributed by atoms with Gasteiger partial charge in [-0.25, -0.2) is 9.97 Å². The van der Waals surface area contributed by atoms with Crippen LogP contribution in [-0.2, 0) is 4.79 Å². The molecule has 0 radical (unpaired) electrons. The molecule has 1 amide bonds. The summed E-state index contributed by atoms with van der Waals surface area (Å²) in [6.07, 6.45) is 2.83. The van der Waals surface area contributed by atoms with E-state index in [1.807, 2.05) is 13.8 Å². The molecule has 0 aliphatic rings. The van der Waals surface area contributed by atoms with E-state index in [2.05, 4.69) is 9.97 Å². The zero-order valence-corrected chi connectivity index (χ0v) is 10.8. The fourth-order valence-corrected chi connectivity index (χ4v) is 1.62. The van der Waals surface area contributed by atoms with Crippen LogP contribution in [0.4, 0.5) is 0 Å². The molecule has 0 fully saturated rings. The number of nitrogens with zero attached hydrogens (tertiary/aromatic N) is 3. The van der Waals surface area contributed by atoms with Crippen LogP contribution in [0.2, 0.25) is 0 Å². The van der Waals surface area contributed by atoms with Crippen molar-refractivity contribution >= 4 is 11.9 Å². The molecule has 1 rings (SSSR count). The minimum atomic E-state index is -1.03. The van der Waals surface area contributed by atoms with Gasteiger partial charge in [-0.05, 0) is 12.8 Å². The summed E-state index contributed by atoms with van der Waals surface area (Å²) in [6, 6.07) is 0. The maximum Gasteiger partial charge on any atom is 0.323 e. The van der Waals surface area contributed by atoms with Gasteiger partial charge in [-0.15, -0.1) is 0 Å². The molecule has 0 aliphatic carbocycles. The third kappa shape index (κ3) is 3.26. The normalized spacial score (nSPS) is 10.4. The number of carbonyl (C=O) groups excluding carboxylic acids is 1. The summed E-state index contributed by atoms with van der Waals surface area (Å²) in [7, 11) is 0. The lowest BCUT2D eigenvalue weighted by Crippen LogP contribution is -2.36. The molecule has 0 spiro atoms. The zero-order valence-electron chi connectivity index (χ0n) is 10.8. The minimum Gasteiger partial charge on any atom is -0.480 e. The van der Waals surface area contributed by atoms with Crippen LogP contribution in [0.15, 0.2) is 12.5 Å². The molecule has 0 bridgehead atoms. The Hall–Kier alpha value is -1.98. The minimum absolute atomic E-state index is 0.0792. The number of hydrogen-bond acceptors (Lipinski definition) is 4. The Labute approximate surface area is 106 Å². The SMILES string of the molecule is CCN(CC(=O)O)C(=O)c1cncnc1C(C)C. The van der Waals surface area contributed by atoms with E-state index < -0.39 is 5.97 Å². The lowest BCUT2D eigenvalue weighted by atomic mass is 10.0. The maximum atomic E-state index is 12.2. The molecule has 0 unspecified atom stereocenters. The van der Waals surface area contributed by atoms with Crippen LogP contribution < -0.4 is 0 Å². The summed E-state index contributed by atoms with van der Waals surface area (Å²) >= 11 is 0. The lowest BCUT2D eigenvalue weighted by Gasteiger charge is -2.20. The number of aromatic nitrogens is 2. The van der Waals surface area contributed by atoms with Crippen molar-refractivity contribution in [2.24, 2.45) is 0 Å². The third-order valence-corrected chi connectivity index (χ3v) is 2.52. The number of carbonyl (C=O) groups is 2. The van der Waals surface area contributed by atoms with Gasteiger partial charge in [-0.3, -0.25) is 9.59 Å². The van der Waals surface area contributed by atoms with Crippen LogP contribution in [0.1, 0.15) is 42.7 Å². The van der Waals surface area contributed by atoms with Crippen molar-refractivity contribution < 1.29 is 14.7 Å². The summed E-state index contributed by atoms with van der Waals surface area (Å²) in [6.45, 7) is 5.60. The third-order valence-electron chi connectivity index (χ3n) is 2.52. The van der Waals surface area contributed by atoms with Crippen molar-refractivity contribution in [1.29, 1.82) is 0 Å². The lowest BCUT2D eigenvalue weighted by molar-refractivity contribution is -0.137. The van der Waals surface area contributed by atoms with E-state index in [1.165, 1.54) is 17.4 Å². The Bertz CT molecular complexity index is 446. The van der Waals surface area contributed by atoms with Gasteiger partial charge >= 0.3 is 5.97 Å². The van der Waals surface area contributed by atoms with Crippen LogP contribution in [0.25, 0.3) is 0 Å². The van der Waals surface area contributed by atoms with E-state index >= 15 is 0 Å². The van der Waals surface area contributed by atoms with Gasteiger partial charge < -0.3 is 10.0 Å². The molecule has 1 aromatic heterocycles. The molecule has 6 nitrogen and oxygen atoms in total. The summed E-state index contributed by atoms with van der Waals surface area (Å²) in [5, 5.41) is 8.76. The Balaban J connectivity index is 3.05. The second-order valence-corrected chi connectivity index (χ2v) is 4.19. The van der Waals surface area contributed by atoms with Gasteiger partial charge in [0.05, 0.1) is 11.3 Å². The van der Waals surface area contributed by atoms with E-state index in [0.29, 0.717) is 17.8 Å². The van der Waals surface area contributed by atoms with E-state index in [9.17, 15) is 9.59 Å². The number of aliphatic carboxylic acids is 1. The second-order valence-electron chi connectivity index (χ2n) is 4.19. The zero-order chi connectivity index (χ0) is 13.7. The van der Waals surface area contributed by atoms with Crippen LogP contribution in [0.5, 0.6) is 0 Å². The molecule has 0 saturated heterocycles. The fraction of sp³-hybridized carbons (Fsp3) is 0.500. The predicted octanol–water partition coefficient (Wildman–Crippen LogP) is 1.15. The van der Waals surface area contributed by atoms with E-state index in [1.54, 1.807) is 6.92 Å². The Morgan fingerprint density at radius 1 is 1.44 bits per heavy atom. The fourth-order valence-electron chi connectivity index (χ4n) is 1.62. The van der Waals surface area contributed by atoms with Gasteiger partial charge in [-0.1, -0.05) is 13.8 Å². The van der Waals surface area contributed by atoms with Crippen LogP contribution >= 0.6 is 0 Å². The van der Waals surface area contributed by atoms with Crippen LogP contribution in [-0.4, -0.2) is 44.9 Å². The number of rotatable bonds is 5. The molecular formula is C12H17N3O3. The number of carboxylic acids is 1. The maximum absolute atomic E-state index is 12.2.